The molecule has 0 amide bonds. The molecule has 2 heterocycles. The fraction of sp³-hybridized carbons (Fsp3) is 0.462. The molecule has 2 unspecified atom stereocenters. The summed E-state index contributed by atoms with van der Waals surface area (Å²) in [6.07, 6.45) is 0. The molecule has 1 fully saturated rings. The van der Waals surface area contributed by atoms with Crippen LogP contribution in [0, 0.1) is 15.9 Å². The lowest BCUT2D eigenvalue weighted by Crippen LogP contribution is -2.75. The number of nitrogens with zero attached hydrogens (tertiary/aromatic N) is 2. The number of hydrogen-bond acceptors (Lipinski definition) is 6. The van der Waals surface area contributed by atoms with Crippen LogP contribution in [0.5, 0.6) is 0 Å². The van der Waals surface area contributed by atoms with Gasteiger partial charge in [0.15, 0.2) is 9.84 Å². The van der Waals surface area contributed by atoms with E-state index in [0.717, 1.165) is 18.2 Å². The summed E-state index contributed by atoms with van der Waals surface area (Å²) in [4.78, 5) is 14.4. The lowest BCUT2D eigenvalue weighted by molar-refractivity contribution is -0.385. The van der Waals surface area contributed by atoms with Crippen molar-refractivity contribution in [2.24, 2.45) is 4.99 Å². The number of aliphatic imine (C=N–C) groups is 1. The molecule has 1 aromatic rings. The van der Waals surface area contributed by atoms with E-state index in [9.17, 15) is 22.9 Å². The summed E-state index contributed by atoms with van der Waals surface area (Å²) in [6.45, 7) is 4.61. The number of halogens is 1. The summed E-state index contributed by atoms with van der Waals surface area (Å²) in [6, 6.07) is 3.09. The van der Waals surface area contributed by atoms with Crippen LogP contribution in [-0.4, -0.2) is 29.0 Å². The molecule has 0 aromatic heterocycles. The van der Waals surface area contributed by atoms with Gasteiger partial charge >= 0.3 is 0 Å². The smallest absolute Gasteiger partial charge is 0.270 e. The van der Waals surface area contributed by atoms with E-state index < -0.39 is 36.1 Å². The molecule has 2 atom stereocenters. The normalized spacial score (nSPS) is 30.0. The van der Waals surface area contributed by atoms with Crippen LogP contribution in [-0.2, 0) is 15.4 Å². The predicted molar refractivity (Wildman–Crippen MR) is 79.7 cm³/mol. The number of rotatable bonds is 2. The average Bonchev–Trinajstić information content (AvgIpc) is 2.34. The van der Waals surface area contributed by atoms with E-state index >= 15 is 0 Å². The van der Waals surface area contributed by atoms with E-state index in [1.807, 2.05) is 0 Å². The Hall–Kier alpha value is -1.87. The number of sulfone groups is 1. The summed E-state index contributed by atoms with van der Waals surface area (Å²) >= 11 is 0. The number of hydrogen-bond donors (Lipinski definition) is 1. The van der Waals surface area contributed by atoms with Gasteiger partial charge in [-0.3, -0.25) is 15.1 Å². The Labute approximate surface area is 126 Å². The first kappa shape index (κ1) is 16.5. The molecule has 22 heavy (non-hydrogen) atoms. The number of benzene rings is 1. The third-order valence-corrected chi connectivity index (χ3v) is 7.39. The molecule has 7 nitrogen and oxygen atoms in total. The van der Waals surface area contributed by atoms with Crippen molar-refractivity contribution >= 4 is 21.2 Å². The Kier molecular flexibility index (Phi) is 3.24. The Morgan fingerprint density at radius 2 is 1.91 bits per heavy atom. The molecule has 2 aliphatic heterocycles. The highest BCUT2D eigenvalue weighted by molar-refractivity contribution is 7.98. The van der Waals surface area contributed by atoms with Crippen LogP contribution < -0.4 is 6.15 Å². The largest absolute Gasteiger partial charge is 0.344 e. The molecule has 2 aliphatic rings. The lowest BCUT2D eigenvalue weighted by atomic mass is 9.76. The zero-order valence-corrected chi connectivity index (χ0v) is 13.1. The summed E-state index contributed by atoms with van der Waals surface area (Å²) in [5, 5.41) is 9.92. The predicted octanol–water partition coefficient (Wildman–Crippen LogP) is 2.14. The minimum Gasteiger partial charge on any atom is -0.344 e. The minimum absolute atomic E-state index is 0. The first-order chi connectivity index (χ1) is 9.53. The highest BCUT2D eigenvalue weighted by Gasteiger charge is 2.72. The average molecular weight is 329 g/mol. The first-order valence-electron chi connectivity index (χ1n) is 6.31. The number of non-ortho nitro benzene ring substituents is 1. The fourth-order valence-corrected chi connectivity index (χ4v) is 5.35. The van der Waals surface area contributed by atoms with Crippen molar-refractivity contribution in [3.8, 4) is 0 Å². The van der Waals surface area contributed by atoms with Gasteiger partial charge in [0.25, 0.3) is 5.69 Å². The maximum atomic E-state index is 14.0. The zero-order valence-electron chi connectivity index (χ0n) is 12.3. The van der Waals surface area contributed by atoms with Crippen LogP contribution in [0.2, 0.25) is 0 Å². The van der Waals surface area contributed by atoms with Crippen LogP contribution in [0.3, 0.4) is 0 Å². The van der Waals surface area contributed by atoms with Crippen molar-refractivity contribution in [2.75, 3.05) is 0 Å². The molecule has 0 aliphatic carbocycles. The van der Waals surface area contributed by atoms with Crippen LogP contribution in [0.15, 0.2) is 23.2 Å². The van der Waals surface area contributed by atoms with Gasteiger partial charge in [-0.25, -0.2) is 12.8 Å². The maximum absolute atomic E-state index is 14.0. The van der Waals surface area contributed by atoms with Gasteiger partial charge in [0.1, 0.15) is 21.4 Å². The van der Waals surface area contributed by atoms with Gasteiger partial charge in [-0.1, -0.05) is 0 Å². The van der Waals surface area contributed by atoms with Crippen molar-refractivity contribution in [2.45, 2.75) is 36.3 Å². The zero-order chi connectivity index (χ0) is 15.8. The molecule has 1 aromatic carbocycles. The molecule has 0 bridgehead atoms. The van der Waals surface area contributed by atoms with Crippen molar-refractivity contribution < 1.29 is 17.7 Å². The number of nitro benzene ring substituents is 1. The SMILES string of the molecule is CC1(c2cc([N+](=O)[O-])ccc2F)N=C2C1S(=O)(=O)C2(C)C.N. The second-order valence-electron chi connectivity index (χ2n) is 6.00. The molecular formula is C13H16FN3O4S. The van der Waals surface area contributed by atoms with Gasteiger partial charge in [-0.15, -0.1) is 0 Å². The van der Waals surface area contributed by atoms with E-state index in [-0.39, 0.29) is 17.4 Å². The summed E-state index contributed by atoms with van der Waals surface area (Å²) in [5.74, 6) is -0.689. The van der Waals surface area contributed by atoms with Crippen LogP contribution in [0.4, 0.5) is 10.1 Å². The van der Waals surface area contributed by atoms with E-state index in [0.29, 0.717) is 5.71 Å². The highest BCUT2D eigenvalue weighted by Crippen LogP contribution is 2.55. The Bertz CT molecular complexity index is 819. The molecule has 3 rings (SSSR count). The Morgan fingerprint density at radius 3 is 2.41 bits per heavy atom. The standard InChI is InChI=1S/C13H13FN2O4S.H3N/c1-12(2)10-11(21(12,19)20)13(3,15-10)8-6-7(16(17)18)4-5-9(8)14;/h4-6,11H,1-3H3;1H3. The minimum atomic E-state index is -3.47. The van der Waals surface area contributed by atoms with Crippen molar-refractivity contribution in [1.29, 1.82) is 0 Å². The van der Waals surface area contributed by atoms with Crippen LogP contribution in [0.1, 0.15) is 26.3 Å². The number of fused-ring (bicyclic) bond motifs is 1. The number of nitro groups is 1. The van der Waals surface area contributed by atoms with E-state index in [1.165, 1.54) is 6.92 Å². The highest BCUT2D eigenvalue weighted by atomic mass is 32.2. The van der Waals surface area contributed by atoms with Gasteiger partial charge < -0.3 is 6.15 Å². The fourth-order valence-electron chi connectivity index (χ4n) is 3.07. The topological polar surface area (TPSA) is 125 Å². The van der Waals surface area contributed by atoms with Gasteiger partial charge in [0.05, 0.1) is 10.6 Å². The Balaban J connectivity index is 0.00000176. The monoisotopic (exact) mass is 329 g/mol. The summed E-state index contributed by atoms with van der Waals surface area (Å²) in [5.41, 5.74) is -1.12. The first-order valence-corrected chi connectivity index (χ1v) is 7.86. The molecule has 9 heteroatoms. The van der Waals surface area contributed by atoms with Crippen molar-refractivity contribution in [3.05, 3.63) is 39.7 Å². The molecule has 120 valence electrons. The maximum Gasteiger partial charge on any atom is 0.270 e. The molecule has 0 spiro atoms. The van der Waals surface area contributed by atoms with Crippen LogP contribution >= 0.6 is 0 Å². The van der Waals surface area contributed by atoms with Gasteiger partial charge in [0.2, 0.25) is 0 Å². The molecule has 0 saturated carbocycles. The third-order valence-electron chi connectivity index (χ3n) is 4.46. The molecule has 1 saturated heterocycles. The second-order valence-corrected chi connectivity index (χ2v) is 8.58. The van der Waals surface area contributed by atoms with Crippen LogP contribution in [0.25, 0.3) is 0 Å². The third kappa shape index (κ3) is 1.63. The van der Waals surface area contributed by atoms with Gasteiger partial charge in [-0.2, -0.15) is 0 Å². The quantitative estimate of drug-likeness (QED) is 0.657. The lowest BCUT2D eigenvalue weighted by Gasteiger charge is -2.57. The van der Waals surface area contributed by atoms with Crippen molar-refractivity contribution in [1.82, 2.24) is 6.15 Å². The van der Waals surface area contributed by atoms with E-state index in [1.54, 1.807) is 13.8 Å². The molecule has 3 N–H and O–H groups in total. The Morgan fingerprint density at radius 1 is 1.32 bits per heavy atom. The second kappa shape index (κ2) is 4.32. The van der Waals surface area contributed by atoms with E-state index in [4.69, 9.17) is 0 Å². The van der Waals surface area contributed by atoms with E-state index in [2.05, 4.69) is 4.99 Å². The van der Waals surface area contributed by atoms with Gasteiger partial charge in [0, 0.05) is 17.7 Å². The molecule has 0 radical (unpaired) electrons. The van der Waals surface area contributed by atoms with Crippen molar-refractivity contribution in [3.63, 3.8) is 0 Å². The summed E-state index contributed by atoms with van der Waals surface area (Å²) in [7, 11) is -3.47. The molecular weight excluding hydrogens is 313 g/mol. The summed E-state index contributed by atoms with van der Waals surface area (Å²) < 4.78 is 37.6. The van der Waals surface area contributed by atoms with Gasteiger partial charge in [-0.05, 0) is 26.8 Å².